The summed E-state index contributed by atoms with van der Waals surface area (Å²) < 4.78 is 0.856. The van der Waals surface area contributed by atoms with E-state index in [1.165, 1.54) is 0 Å². The number of carbonyl (C=O) groups is 1. The van der Waals surface area contributed by atoms with Gasteiger partial charge in [-0.1, -0.05) is 12.1 Å². The minimum absolute atomic E-state index is 0.0719. The Morgan fingerprint density at radius 2 is 2.05 bits per heavy atom. The predicted octanol–water partition coefficient (Wildman–Crippen LogP) is 1.43. The molecule has 104 valence electrons. The average Bonchev–Trinajstić information content (AvgIpc) is 2.45. The molecular weight excluding hydrogens is 306 g/mol. The molecule has 0 aromatic heterocycles. The summed E-state index contributed by atoms with van der Waals surface area (Å²) in [5.74, 6) is 0.0719. The highest BCUT2D eigenvalue weighted by molar-refractivity contribution is 9.10. The van der Waals surface area contributed by atoms with Crippen molar-refractivity contribution in [1.82, 2.24) is 15.1 Å². The molecule has 1 saturated heterocycles. The number of nitrogens with zero attached hydrogens (tertiary/aromatic N) is 2. The van der Waals surface area contributed by atoms with Gasteiger partial charge in [0.1, 0.15) is 0 Å². The van der Waals surface area contributed by atoms with Crippen molar-refractivity contribution in [3.8, 4) is 0 Å². The number of nitrogens with one attached hydrogen (secondary N) is 1. The van der Waals surface area contributed by atoms with E-state index in [2.05, 4.69) is 26.1 Å². The zero-order chi connectivity index (χ0) is 13.7. The van der Waals surface area contributed by atoms with Crippen molar-refractivity contribution >= 4 is 21.8 Å². The fourth-order valence-corrected chi connectivity index (χ4v) is 2.62. The van der Waals surface area contributed by atoms with Crippen LogP contribution in [0.4, 0.5) is 0 Å². The highest BCUT2D eigenvalue weighted by atomic mass is 79.9. The van der Waals surface area contributed by atoms with Gasteiger partial charge in [0.05, 0.1) is 5.56 Å². The molecule has 0 bridgehead atoms. The number of carbonyl (C=O) groups excluding carboxylic acids is 1. The van der Waals surface area contributed by atoms with E-state index in [1.807, 2.05) is 31.3 Å². The van der Waals surface area contributed by atoms with E-state index in [1.54, 1.807) is 4.90 Å². The third-order valence-electron chi connectivity index (χ3n) is 3.41. The fourth-order valence-electron chi connectivity index (χ4n) is 2.17. The molecule has 4 nitrogen and oxygen atoms in total. The standard InChI is InChI=1S/C14H20BrN3O/c1-17(10-11-18-8-6-16-7-9-18)14(19)12-4-2-3-5-13(12)15/h2-5,16H,6-11H2,1H3. The van der Waals surface area contributed by atoms with Crippen molar-refractivity contribution < 1.29 is 4.79 Å². The van der Waals surface area contributed by atoms with E-state index in [0.717, 1.165) is 49.3 Å². The maximum atomic E-state index is 12.3. The van der Waals surface area contributed by atoms with Crippen LogP contribution in [0.1, 0.15) is 10.4 Å². The van der Waals surface area contributed by atoms with Crippen molar-refractivity contribution in [2.24, 2.45) is 0 Å². The van der Waals surface area contributed by atoms with Gasteiger partial charge in [0.25, 0.3) is 5.91 Å². The number of hydrogen-bond donors (Lipinski definition) is 1. The first-order valence-corrected chi connectivity index (χ1v) is 7.41. The lowest BCUT2D eigenvalue weighted by Gasteiger charge is -2.29. The van der Waals surface area contributed by atoms with Crippen molar-refractivity contribution in [2.45, 2.75) is 0 Å². The molecule has 1 N–H and O–H groups in total. The van der Waals surface area contributed by atoms with Crippen LogP contribution in [0, 0.1) is 0 Å². The number of amides is 1. The number of likely N-dealkylation sites (N-methyl/N-ethyl adjacent to an activating group) is 1. The Labute approximate surface area is 122 Å². The lowest BCUT2D eigenvalue weighted by Crippen LogP contribution is -2.46. The zero-order valence-corrected chi connectivity index (χ0v) is 12.8. The van der Waals surface area contributed by atoms with E-state index in [0.29, 0.717) is 0 Å². The second kappa shape index (κ2) is 7.03. The van der Waals surface area contributed by atoms with Crippen LogP contribution in [0.3, 0.4) is 0 Å². The first-order chi connectivity index (χ1) is 9.18. The van der Waals surface area contributed by atoms with Gasteiger partial charge < -0.3 is 10.2 Å². The van der Waals surface area contributed by atoms with Crippen molar-refractivity contribution in [1.29, 1.82) is 0 Å². The predicted molar refractivity (Wildman–Crippen MR) is 80.4 cm³/mol. The largest absolute Gasteiger partial charge is 0.340 e. The Balaban J connectivity index is 1.87. The van der Waals surface area contributed by atoms with Crippen LogP contribution in [0.2, 0.25) is 0 Å². The maximum absolute atomic E-state index is 12.3. The van der Waals surface area contributed by atoms with Gasteiger partial charge >= 0.3 is 0 Å². The molecule has 1 amide bonds. The van der Waals surface area contributed by atoms with Crippen LogP contribution in [-0.2, 0) is 0 Å². The second-order valence-corrected chi connectivity index (χ2v) is 5.65. The lowest BCUT2D eigenvalue weighted by atomic mass is 10.2. The Morgan fingerprint density at radius 1 is 1.37 bits per heavy atom. The van der Waals surface area contributed by atoms with Gasteiger partial charge in [0, 0.05) is 50.8 Å². The van der Waals surface area contributed by atoms with E-state index >= 15 is 0 Å². The first kappa shape index (κ1) is 14.5. The number of hydrogen-bond acceptors (Lipinski definition) is 3. The molecule has 5 heteroatoms. The Morgan fingerprint density at radius 3 is 2.74 bits per heavy atom. The Kier molecular flexibility index (Phi) is 5.36. The van der Waals surface area contributed by atoms with E-state index in [4.69, 9.17) is 0 Å². The number of piperazine rings is 1. The second-order valence-electron chi connectivity index (χ2n) is 4.80. The molecule has 1 aromatic carbocycles. The summed E-state index contributed by atoms with van der Waals surface area (Å²) in [5, 5.41) is 3.33. The molecular formula is C14H20BrN3O. The van der Waals surface area contributed by atoms with Gasteiger partial charge in [-0.05, 0) is 28.1 Å². The van der Waals surface area contributed by atoms with Crippen LogP contribution in [-0.4, -0.2) is 62.0 Å². The molecule has 1 aromatic rings. The average molecular weight is 326 g/mol. The van der Waals surface area contributed by atoms with Crippen LogP contribution in [0.25, 0.3) is 0 Å². The molecule has 1 aliphatic rings. The maximum Gasteiger partial charge on any atom is 0.254 e. The molecule has 0 aliphatic carbocycles. The quantitative estimate of drug-likeness (QED) is 0.909. The molecule has 0 radical (unpaired) electrons. The molecule has 0 spiro atoms. The molecule has 0 atom stereocenters. The molecule has 1 aliphatic heterocycles. The minimum Gasteiger partial charge on any atom is -0.340 e. The Hall–Kier alpha value is -0.910. The summed E-state index contributed by atoms with van der Waals surface area (Å²) >= 11 is 3.43. The van der Waals surface area contributed by atoms with Crippen molar-refractivity contribution in [3.63, 3.8) is 0 Å². The topological polar surface area (TPSA) is 35.6 Å². The van der Waals surface area contributed by atoms with Crippen LogP contribution in [0.15, 0.2) is 28.7 Å². The summed E-state index contributed by atoms with van der Waals surface area (Å²) in [6.45, 7) is 5.92. The molecule has 19 heavy (non-hydrogen) atoms. The third-order valence-corrected chi connectivity index (χ3v) is 4.10. The molecule has 1 fully saturated rings. The van der Waals surface area contributed by atoms with Gasteiger partial charge in [-0.25, -0.2) is 0 Å². The monoisotopic (exact) mass is 325 g/mol. The first-order valence-electron chi connectivity index (χ1n) is 6.61. The minimum atomic E-state index is 0.0719. The smallest absolute Gasteiger partial charge is 0.254 e. The number of benzene rings is 1. The molecule has 0 unspecified atom stereocenters. The van der Waals surface area contributed by atoms with Gasteiger partial charge in [-0.2, -0.15) is 0 Å². The van der Waals surface area contributed by atoms with Crippen LogP contribution < -0.4 is 5.32 Å². The van der Waals surface area contributed by atoms with E-state index < -0.39 is 0 Å². The van der Waals surface area contributed by atoms with Crippen molar-refractivity contribution in [3.05, 3.63) is 34.3 Å². The van der Waals surface area contributed by atoms with E-state index in [-0.39, 0.29) is 5.91 Å². The SMILES string of the molecule is CN(CCN1CCNCC1)C(=O)c1ccccc1Br. The molecule has 0 saturated carbocycles. The van der Waals surface area contributed by atoms with Crippen LogP contribution >= 0.6 is 15.9 Å². The summed E-state index contributed by atoms with van der Waals surface area (Å²) in [7, 11) is 1.87. The molecule has 2 rings (SSSR count). The van der Waals surface area contributed by atoms with Crippen LogP contribution in [0.5, 0.6) is 0 Å². The molecule has 1 heterocycles. The highest BCUT2D eigenvalue weighted by Gasteiger charge is 2.16. The van der Waals surface area contributed by atoms with E-state index in [9.17, 15) is 4.79 Å². The Bertz CT molecular complexity index is 432. The fraction of sp³-hybridized carbons (Fsp3) is 0.500. The summed E-state index contributed by atoms with van der Waals surface area (Å²) in [6.07, 6.45) is 0. The van der Waals surface area contributed by atoms with Gasteiger partial charge in [0.2, 0.25) is 0 Å². The number of rotatable bonds is 4. The summed E-state index contributed by atoms with van der Waals surface area (Å²) in [5.41, 5.74) is 0.727. The van der Waals surface area contributed by atoms with Gasteiger partial charge in [0.15, 0.2) is 0 Å². The normalized spacial score (nSPS) is 16.3. The van der Waals surface area contributed by atoms with Gasteiger partial charge in [-0.15, -0.1) is 0 Å². The van der Waals surface area contributed by atoms with Crippen molar-refractivity contribution in [2.75, 3.05) is 46.3 Å². The number of halogens is 1. The van der Waals surface area contributed by atoms with Gasteiger partial charge in [-0.3, -0.25) is 9.69 Å². The third kappa shape index (κ3) is 4.03. The zero-order valence-electron chi connectivity index (χ0n) is 11.2. The highest BCUT2D eigenvalue weighted by Crippen LogP contribution is 2.17. The lowest BCUT2D eigenvalue weighted by molar-refractivity contribution is 0.0774. The summed E-state index contributed by atoms with van der Waals surface area (Å²) in [4.78, 5) is 16.5. The summed E-state index contributed by atoms with van der Waals surface area (Å²) in [6, 6.07) is 7.56.